The monoisotopic (exact) mass is 389 g/mol. The number of nitrogens with zero attached hydrogens (tertiary/aromatic N) is 4. The molecule has 3 heterocycles. The molecule has 2 aliphatic rings. The van der Waals surface area contributed by atoms with Crippen molar-refractivity contribution in [2.45, 2.75) is 51.1 Å². The van der Waals surface area contributed by atoms with Crippen LogP contribution in [0, 0.1) is 0 Å². The Labute approximate surface area is 166 Å². The molecule has 2 aliphatic heterocycles. The topological polar surface area (TPSA) is 63.1 Å². The molecule has 1 aromatic carbocycles. The lowest BCUT2D eigenvalue weighted by Crippen LogP contribution is -2.41. The van der Waals surface area contributed by atoms with Gasteiger partial charge >= 0.3 is 0 Å². The average Bonchev–Trinajstić information content (AvgIpc) is 3.13. The van der Waals surface area contributed by atoms with Gasteiger partial charge in [0.05, 0.1) is 12.5 Å². The number of hydrogen-bond donors (Lipinski definition) is 1. The number of carbonyl (C=O) groups is 1. The molecule has 1 saturated heterocycles. The third-order valence-corrected chi connectivity index (χ3v) is 5.73. The zero-order valence-corrected chi connectivity index (χ0v) is 16.6. The number of likely N-dealkylation sites (tertiary alicyclic amines) is 1. The lowest BCUT2D eigenvalue weighted by molar-refractivity contribution is -0.134. The molecular formula is C20H28ClN5O. The first-order chi connectivity index (χ1) is 12.8. The van der Waals surface area contributed by atoms with E-state index >= 15 is 0 Å². The van der Waals surface area contributed by atoms with Crippen molar-refractivity contribution in [3.05, 3.63) is 47.5 Å². The smallest absolute Gasteiger partial charge is 0.230 e. The fourth-order valence-electron chi connectivity index (χ4n) is 4.23. The largest absolute Gasteiger partial charge is 0.342 e. The lowest BCUT2D eigenvalue weighted by Gasteiger charge is -2.34. The maximum atomic E-state index is 13.0. The van der Waals surface area contributed by atoms with Crippen molar-refractivity contribution in [3.8, 4) is 0 Å². The van der Waals surface area contributed by atoms with Crippen molar-refractivity contribution in [2.75, 3.05) is 19.6 Å². The van der Waals surface area contributed by atoms with Crippen LogP contribution in [0.5, 0.6) is 0 Å². The van der Waals surface area contributed by atoms with E-state index in [2.05, 4.69) is 39.1 Å². The molecule has 0 spiro atoms. The maximum Gasteiger partial charge on any atom is 0.230 e. The van der Waals surface area contributed by atoms with Gasteiger partial charge in [-0.05, 0) is 24.8 Å². The molecule has 1 N–H and O–H groups in total. The van der Waals surface area contributed by atoms with Crippen LogP contribution in [-0.2, 0) is 17.9 Å². The summed E-state index contributed by atoms with van der Waals surface area (Å²) >= 11 is 0. The summed E-state index contributed by atoms with van der Waals surface area (Å²) in [6.07, 6.45) is 2.79. The Hall–Kier alpha value is -1.92. The van der Waals surface area contributed by atoms with Crippen LogP contribution in [0.4, 0.5) is 0 Å². The highest BCUT2D eigenvalue weighted by Gasteiger charge is 2.31. The van der Waals surface area contributed by atoms with Crippen LogP contribution in [0.1, 0.15) is 55.2 Å². The molecule has 146 valence electrons. The number of aromatic nitrogens is 3. The van der Waals surface area contributed by atoms with Gasteiger partial charge in [-0.15, -0.1) is 22.6 Å². The SMILES string of the molecule is CCC(C(=O)N1CCC(c2nnc3n2CCNC3)CC1)c1ccccc1.Cl. The van der Waals surface area contributed by atoms with Crippen LogP contribution in [0.25, 0.3) is 0 Å². The van der Waals surface area contributed by atoms with Crippen molar-refractivity contribution >= 4 is 18.3 Å². The second-order valence-corrected chi connectivity index (χ2v) is 7.27. The van der Waals surface area contributed by atoms with Gasteiger partial charge < -0.3 is 14.8 Å². The Balaban J connectivity index is 0.00000210. The van der Waals surface area contributed by atoms with E-state index in [1.165, 1.54) is 0 Å². The molecule has 1 aromatic heterocycles. The fourth-order valence-corrected chi connectivity index (χ4v) is 4.23. The molecule has 0 saturated carbocycles. The van der Waals surface area contributed by atoms with Gasteiger partial charge in [0.1, 0.15) is 11.6 Å². The van der Waals surface area contributed by atoms with Crippen molar-refractivity contribution < 1.29 is 4.79 Å². The standard InChI is InChI=1S/C20H27N5O.ClH/c1-2-17(15-6-4-3-5-7-15)20(26)24-11-8-16(9-12-24)19-23-22-18-14-21-10-13-25(18)19;/h3-7,16-17,21H,2,8-14H2,1H3;1H. The molecule has 2 aromatic rings. The summed E-state index contributed by atoms with van der Waals surface area (Å²) in [4.78, 5) is 15.1. The van der Waals surface area contributed by atoms with Crippen LogP contribution < -0.4 is 5.32 Å². The molecule has 7 heteroatoms. The minimum Gasteiger partial charge on any atom is -0.342 e. The van der Waals surface area contributed by atoms with E-state index in [9.17, 15) is 4.79 Å². The number of halogens is 1. The van der Waals surface area contributed by atoms with Gasteiger partial charge in [-0.3, -0.25) is 4.79 Å². The van der Waals surface area contributed by atoms with E-state index < -0.39 is 0 Å². The zero-order chi connectivity index (χ0) is 17.9. The number of nitrogens with one attached hydrogen (secondary N) is 1. The van der Waals surface area contributed by atoms with E-state index in [0.29, 0.717) is 5.92 Å². The quantitative estimate of drug-likeness (QED) is 0.873. The predicted molar refractivity (Wildman–Crippen MR) is 107 cm³/mol. The first-order valence-corrected chi connectivity index (χ1v) is 9.74. The van der Waals surface area contributed by atoms with E-state index in [0.717, 1.165) is 69.2 Å². The van der Waals surface area contributed by atoms with Gasteiger partial charge in [0.25, 0.3) is 0 Å². The van der Waals surface area contributed by atoms with E-state index in [1.54, 1.807) is 0 Å². The van der Waals surface area contributed by atoms with Crippen LogP contribution >= 0.6 is 12.4 Å². The fraction of sp³-hybridized carbons (Fsp3) is 0.550. The lowest BCUT2D eigenvalue weighted by atomic mass is 9.91. The van der Waals surface area contributed by atoms with Gasteiger partial charge in [-0.25, -0.2) is 0 Å². The minimum atomic E-state index is -0.0281. The number of rotatable bonds is 4. The van der Waals surface area contributed by atoms with E-state index in [-0.39, 0.29) is 24.2 Å². The number of hydrogen-bond acceptors (Lipinski definition) is 4. The molecule has 4 rings (SSSR count). The maximum absolute atomic E-state index is 13.0. The Kier molecular flexibility index (Phi) is 6.50. The van der Waals surface area contributed by atoms with Gasteiger partial charge in [0.15, 0.2) is 0 Å². The summed E-state index contributed by atoms with van der Waals surface area (Å²) in [7, 11) is 0. The second kappa shape index (κ2) is 8.85. The first kappa shape index (κ1) is 19.8. The summed E-state index contributed by atoms with van der Waals surface area (Å²) in [6, 6.07) is 10.2. The molecule has 1 amide bonds. The van der Waals surface area contributed by atoms with Crippen molar-refractivity contribution in [2.24, 2.45) is 0 Å². The first-order valence-electron chi connectivity index (χ1n) is 9.74. The Morgan fingerprint density at radius 1 is 1.19 bits per heavy atom. The normalized spacial score (nSPS) is 18.5. The summed E-state index contributed by atoms with van der Waals surface area (Å²) in [5, 5.41) is 12.1. The molecular weight excluding hydrogens is 362 g/mol. The third kappa shape index (κ3) is 4.01. The van der Waals surface area contributed by atoms with E-state index in [1.807, 2.05) is 23.1 Å². The van der Waals surface area contributed by atoms with E-state index in [4.69, 9.17) is 0 Å². The summed E-state index contributed by atoms with van der Waals surface area (Å²) < 4.78 is 2.28. The zero-order valence-electron chi connectivity index (χ0n) is 15.8. The molecule has 0 radical (unpaired) electrons. The number of fused-ring (bicyclic) bond motifs is 1. The van der Waals surface area contributed by atoms with Crippen LogP contribution in [-0.4, -0.2) is 45.2 Å². The van der Waals surface area contributed by atoms with Gasteiger partial charge in [-0.1, -0.05) is 37.3 Å². The average molecular weight is 390 g/mol. The Bertz CT molecular complexity index is 755. The summed E-state index contributed by atoms with van der Waals surface area (Å²) in [6.45, 7) is 6.45. The predicted octanol–water partition coefficient (Wildman–Crippen LogP) is 2.70. The van der Waals surface area contributed by atoms with Gasteiger partial charge in [0.2, 0.25) is 5.91 Å². The molecule has 6 nitrogen and oxygen atoms in total. The molecule has 0 aliphatic carbocycles. The van der Waals surface area contributed by atoms with Gasteiger partial charge in [-0.2, -0.15) is 0 Å². The second-order valence-electron chi connectivity index (χ2n) is 7.27. The van der Waals surface area contributed by atoms with Crippen LogP contribution in [0.2, 0.25) is 0 Å². The molecule has 0 bridgehead atoms. The van der Waals surface area contributed by atoms with Crippen molar-refractivity contribution in [1.29, 1.82) is 0 Å². The van der Waals surface area contributed by atoms with Gasteiger partial charge in [0, 0.05) is 32.1 Å². The molecule has 1 unspecified atom stereocenters. The van der Waals surface area contributed by atoms with Crippen molar-refractivity contribution in [1.82, 2.24) is 25.0 Å². The number of piperidine rings is 1. The highest BCUT2D eigenvalue weighted by Crippen LogP contribution is 2.30. The molecule has 1 atom stereocenters. The number of carbonyl (C=O) groups excluding carboxylic acids is 1. The molecule has 1 fully saturated rings. The highest BCUT2D eigenvalue weighted by molar-refractivity contribution is 5.85. The third-order valence-electron chi connectivity index (χ3n) is 5.73. The molecule has 27 heavy (non-hydrogen) atoms. The van der Waals surface area contributed by atoms with Crippen LogP contribution in [0.15, 0.2) is 30.3 Å². The number of benzene rings is 1. The highest BCUT2D eigenvalue weighted by atomic mass is 35.5. The summed E-state index contributed by atoms with van der Waals surface area (Å²) in [5.41, 5.74) is 1.13. The Morgan fingerprint density at radius 3 is 2.63 bits per heavy atom. The van der Waals surface area contributed by atoms with Crippen molar-refractivity contribution in [3.63, 3.8) is 0 Å². The summed E-state index contributed by atoms with van der Waals surface area (Å²) in [5.74, 6) is 2.81. The van der Waals surface area contributed by atoms with Crippen LogP contribution in [0.3, 0.4) is 0 Å². The number of amides is 1. The minimum absolute atomic E-state index is 0. The Morgan fingerprint density at radius 2 is 1.93 bits per heavy atom.